The van der Waals surface area contributed by atoms with E-state index in [4.69, 9.17) is 15.3 Å². The molecule has 9 heavy (non-hydrogen) atoms. The van der Waals surface area contributed by atoms with Crippen molar-refractivity contribution in [2.45, 2.75) is 0 Å². The Morgan fingerprint density at radius 1 is 1.22 bits per heavy atom. The van der Waals surface area contributed by atoms with Crippen LogP contribution in [0.5, 0.6) is 0 Å². The number of carbonyl (C=O) groups excluding carboxylic acids is 1. The third-order valence-corrected chi connectivity index (χ3v) is 1.05. The van der Waals surface area contributed by atoms with E-state index in [0.29, 0.717) is 0 Å². The number of ketones is 1. The average molecular weight is 134 g/mol. The van der Waals surface area contributed by atoms with Gasteiger partial charge in [0.15, 0.2) is 5.78 Å². The van der Waals surface area contributed by atoms with Crippen molar-refractivity contribution in [2.24, 2.45) is 5.92 Å². The monoisotopic (exact) mass is 134 g/mol. The number of rotatable bonds is 4. The van der Waals surface area contributed by atoms with Crippen molar-refractivity contribution >= 4 is 5.78 Å². The van der Waals surface area contributed by atoms with Gasteiger partial charge in [0, 0.05) is 0 Å². The molecule has 0 aromatic rings. The van der Waals surface area contributed by atoms with Crippen LogP contribution in [0.15, 0.2) is 0 Å². The molecule has 0 heterocycles. The zero-order valence-electron chi connectivity index (χ0n) is 4.95. The van der Waals surface area contributed by atoms with Gasteiger partial charge in [-0.2, -0.15) is 0 Å². The summed E-state index contributed by atoms with van der Waals surface area (Å²) in [6.07, 6.45) is 0. The van der Waals surface area contributed by atoms with E-state index in [1.54, 1.807) is 0 Å². The largest absolute Gasteiger partial charge is 0.396 e. The fourth-order valence-electron chi connectivity index (χ4n) is 0.390. The zero-order valence-corrected chi connectivity index (χ0v) is 4.95. The molecule has 0 aliphatic heterocycles. The van der Waals surface area contributed by atoms with Gasteiger partial charge in [0.25, 0.3) is 0 Å². The number of Topliss-reactive ketones (excluding diaryl/α,β-unsaturated/α-hetero) is 1. The molecular formula is C5H10O4. The highest BCUT2D eigenvalue weighted by Gasteiger charge is 2.13. The van der Waals surface area contributed by atoms with Crippen molar-refractivity contribution in [2.75, 3.05) is 19.8 Å². The molecule has 0 amide bonds. The molecular weight excluding hydrogens is 124 g/mol. The Morgan fingerprint density at radius 2 is 1.67 bits per heavy atom. The zero-order chi connectivity index (χ0) is 7.28. The molecule has 0 rings (SSSR count). The van der Waals surface area contributed by atoms with Gasteiger partial charge in [0.2, 0.25) is 0 Å². The summed E-state index contributed by atoms with van der Waals surface area (Å²) in [7, 11) is 0. The second-order valence-electron chi connectivity index (χ2n) is 1.69. The summed E-state index contributed by atoms with van der Waals surface area (Å²) >= 11 is 0. The first kappa shape index (κ1) is 8.55. The first-order valence-corrected chi connectivity index (χ1v) is 2.61. The van der Waals surface area contributed by atoms with E-state index >= 15 is 0 Å². The number of hydrogen-bond acceptors (Lipinski definition) is 4. The smallest absolute Gasteiger partial charge is 0.165 e. The van der Waals surface area contributed by atoms with Crippen molar-refractivity contribution in [3.05, 3.63) is 0 Å². The van der Waals surface area contributed by atoms with Crippen molar-refractivity contribution in [1.82, 2.24) is 0 Å². The molecule has 4 heteroatoms. The lowest BCUT2D eigenvalue weighted by atomic mass is 10.1. The molecule has 0 atom stereocenters. The number of hydrogen-bond donors (Lipinski definition) is 3. The fraction of sp³-hybridized carbons (Fsp3) is 0.800. The summed E-state index contributed by atoms with van der Waals surface area (Å²) in [6.45, 7) is -1.43. The van der Waals surface area contributed by atoms with Crippen LogP contribution in [-0.4, -0.2) is 40.9 Å². The van der Waals surface area contributed by atoms with Gasteiger partial charge in [-0.25, -0.2) is 0 Å². The predicted octanol–water partition coefficient (Wildman–Crippen LogP) is -1.85. The summed E-state index contributed by atoms with van der Waals surface area (Å²) < 4.78 is 0. The molecule has 0 unspecified atom stereocenters. The summed E-state index contributed by atoms with van der Waals surface area (Å²) in [5.41, 5.74) is 0. The van der Waals surface area contributed by atoms with Crippen LogP contribution in [-0.2, 0) is 4.79 Å². The molecule has 0 saturated heterocycles. The second-order valence-corrected chi connectivity index (χ2v) is 1.69. The quantitative estimate of drug-likeness (QED) is 0.421. The van der Waals surface area contributed by atoms with E-state index in [9.17, 15) is 4.79 Å². The molecule has 0 fully saturated rings. The molecule has 0 aromatic carbocycles. The third kappa shape index (κ3) is 2.55. The van der Waals surface area contributed by atoms with Crippen LogP contribution in [0.3, 0.4) is 0 Å². The lowest BCUT2D eigenvalue weighted by Gasteiger charge is -2.05. The maximum Gasteiger partial charge on any atom is 0.165 e. The van der Waals surface area contributed by atoms with E-state index < -0.39 is 31.5 Å². The van der Waals surface area contributed by atoms with Gasteiger partial charge in [-0.1, -0.05) is 0 Å². The van der Waals surface area contributed by atoms with Crippen LogP contribution >= 0.6 is 0 Å². The van der Waals surface area contributed by atoms with Gasteiger partial charge >= 0.3 is 0 Å². The highest BCUT2D eigenvalue weighted by atomic mass is 16.3. The van der Waals surface area contributed by atoms with Gasteiger partial charge in [-0.3, -0.25) is 4.79 Å². The van der Waals surface area contributed by atoms with E-state index in [2.05, 4.69) is 0 Å². The van der Waals surface area contributed by atoms with Crippen LogP contribution in [0, 0.1) is 5.92 Å². The Morgan fingerprint density at radius 3 is 1.78 bits per heavy atom. The summed E-state index contributed by atoms with van der Waals surface area (Å²) in [5, 5.41) is 24.9. The molecule has 0 spiro atoms. The first-order valence-electron chi connectivity index (χ1n) is 2.61. The number of aliphatic hydroxyl groups excluding tert-OH is 3. The van der Waals surface area contributed by atoms with Gasteiger partial charge in [-0.15, -0.1) is 0 Å². The first-order chi connectivity index (χ1) is 4.26. The minimum absolute atomic E-state index is 0.407. The minimum atomic E-state index is -0.810. The van der Waals surface area contributed by atoms with Gasteiger partial charge < -0.3 is 15.3 Å². The molecule has 0 saturated carbocycles. The Balaban J connectivity index is 3.64. The molecule has 4 nitrogen and oxygen atoms in total. The average Bonchev–Trinajstić information content (AvgIpc) is 1.90. The molecule has 0 aliphatic carbocycles. The molecule has 0 radical (unpaired) electrons. The van der Waals surface area contributed by atoms with Crippen LogP contribution < -0.4 is 0 Å². The van der Waals surface area contributed by atoms with Crippen LogP contribution in [0.1, 0.15) is 0 Å². The summed E-state index contributed by atoms with van der Waals surface area (Å²) in [4.78, 5) is 10.4. The summed E-state index contributed by atoms with van der Waals surface area (Å²) in [5.74, 6) is -1.34. The standard InChI is InChI=1S/C5H10O4/c6-1-4(2-7)5(9)3-8/h4,6-8H,1-3H2. The van der Waals surface area contributed by atoms with Gasteiger partial charge in [0.1, 0.15) is 6.61 Å². The maximum absolute atomic E-state index is 10.4. The molecule has 0 aromatic heterocycles. The molecule has 54 valence electrons. The Hall–Kier alpha value is -0.450. The highest BCUT2D eigenvalue weighted by molar-refractivity contribution is 5.82. The second kappa shape index (κ2) is 4.43. The van der Waals surface area contributed by atoms with E-state index in [-0.39, 0.29) is 0 Å². The van der Waals surface area contributed by atoms with Gasteiger partial charge in [0.05, 0.1) is 19.1 Å². The highest BCUT2D eigenvalue weighted by Crippen LogP contribution is 1.93. The lowest BCUT2D eigenvalue weighted by Crippen LogP contribution is -2.24. The van der Waals surface area contributed by atoms with Crippen molar-refractivity contribution < 1.29 is 20.1 Å². The Labute approximate surface area is 52.7 Å². The Kier molecular flexibility index (Phi) is 4.21. The molecule has 0 aliphatic rings. The van der Waals surface area contributed by atoms with Crippen LogP contribution in [0.25, 0.3) is 0 Å². The van der Waals surface area contributed by atoms with Crippen molar-refractivity contribution in [1.29, 1.82) is 0 Å². The minimum Gasteiger partial charge on any atom is -0.396 e. The normalized spacial score (nSPS) is 10.2. The van der Waals surface area contributed by atoms with E-state index in [1.807, 2.05) is 0 Å². The third-order valence-electron chi connectivity index (χ3n) is 1.05. The molecule has 0 bridgehead atoms. The van der Waals surface area contributed by atoms with E-state index in [0.717, 1.165) is 0 Å². The maximum atomic E-state index is 10.4. The molecule has 3 N–H and O–H groups in total. The van der Waals surface area contributed by atoms with Crippen molar-refractivity contribution in [3.8, 4) is 0 Å². The summed E-state index contributed by atoms with van der Waals surface area (Å²) in [6, 6.07) is 0. The topological polar surface area (TPSA) is 77.8 Å². The van der Waals surface area contributed by atoms with Crippen molar-refractivity contribution in [3.63, 3.8) is 0 Å². The fourth-order valence-corrected chi connectivity index (χ4v) is 0.390. The number of carbonyl (C=O) groups is 1. The lowest BCUT2D eigenvalue weighted by molar-refractivity contribution is -0.128. The van der Waals surface area contributed by atoms with Gasteiger partial charge in [-0.05, 0) is 0 Å². The predicted molar refractivity (Wildman–Crippen MR) is 29.8 cm³/mol. The number of aliphatic hydroxyl groups is 3. The SMILES string of the molecule is O=C(CO)C(CO)CO. The van der Waals surface area contributed by atoms with Crippen LogP contribution in [0.2, 0.25) is 0 Å². The Bertz CT molecular complexity index is 87.0. The van der Waals surface area contributed by atoms with E-state index in [1.165, 1.54) is 0 Å². The van der Waals surface area contributed by atoms with Crippen LogP contribution in [0.4, 0.5) is 0 Å².